The van der Waals surface area contributed by atoms with Crippen LogP contribution in [0.4, 0.5) is 11.4 Å². The lowest BCUT2D eigenvalue weighted by Crippen LogP contribution is -2.22. The van der Waals surface area contributed by atoms with Crippen molar-refractivity contribution < 1.29 is 10.0 Å². The van der Waals surface area contributed by atoms with Crippen LogP contribution < -0.4 is 5.32 Å². The monoisotopic (exact) mass is 267 g/mol. The molecule has 1 rings (SSSR count). The molecule has 0 amide bonds. The van der Waals surface area contributed by atoms with Crippen LogP contribution in [0.3, 0.4) is 0 Å². The van der Waals surface area contributed by atoms with Gasteiger partial charge in [-0.1, -0.05) is 6.07 Å². The van der Waals surface area contributed by atoms with Gasteiger partial charge in [-0.05, 0) is 32.0 Å². The van der Waals surface area contributed by atoms with E-state index in [0.717, 1.165) is 12.1 Å². The second kappa shape index (κ2) is 7.06. The number of nitro groups is 1. The Morgan fingerprint density at radius 3 is 2.74 bits per heavy atom. The molecule has 0 fully saturated rings. The van der Waals surface area contributed by atoms with Crippen molar-refractivity contribution in [3.05, 3.63) is 33.9 Å². The van der Waals surface area contributed by atoms with Crippen molar-refractivity contribution in [3.8, 4) is 0 Å². The summed E-state index contributed by atoms with van der Waals surface area (Å²) < 4.78 is 0. The second-order valence-corrected chi connectivity index (χ2v) is 4.73. The number of nitrogens with one attached hydrogen (secondary N) is 1. The molecule has 1 unspecified atom stereocenters. The molecule has 1 aromatic rings. The third-order valence-electron chi connectivity index (χ3n) is 2.91. The van der Waals surface area contributed by atoms with E-state index in [4.69, 9.17) is 0 Å². The first kappa shape index (κ1) is 15.4. The molecule has 0 aliphatic carbocycles. The van der Waals surface area contributed by atoms with E-state index in [1.54, 1.807) is 26.1 Å². The Morgan fingerprint density at radius 1 is 1.53 bits per heavy atom. The number of rotatable bonds is 7. The molecule has 19 heavy (non-hydrogen) atoms. The smallest absolute Gasteiger partial charge is 0.292 e. The highest BCUT2D eigenvalue weighted by molar-refractivity contribution is 5.62. The fourth-order valence-electron chi connectivity index (χ4n) is 1.84. The van der Waals surface area contributed by atoms with Crippen molar-refractivity contribution in [3.63, 3.8) is 0 Å². The van der Waals surface area contributed by atoms with Gasteiger partial charge in [0.2, 0.25) is 0 Å². The zero-order chi connectivity index (χ0) is 14.4. The third-order valence-corrected chi connectivity index (χ3v) is 2.91. The second-order valence-electron chi connectivity index (χ2n) is 4.73. The van der Waals surface area contributed by atoms with Gasteiger partial charge >= 0.3 is 0 Å². The number of nitro benzene ring substituents is 1. The van der Waals surface area contributed by atoms with Gasteiger partial charge < -0.3 is 15.3 Å². The maximum Gasteiger partial charge on any atom is 0.292 e. The molecule has 0 radical (unpaired) electrons. The first-order chi connectivity index (χ1) is 8.93. The maximum absolute atomic E-state index is 11.0. The molecule has 0 aliphatic rings. The zero-order valence-electron chi connectivity index (χ0n) is 11.6. The summed E-state index contributed by atoms with van der Waals surface area (Å²) in [5, 5.41) is 23.0. The van der Waals surface area contributed by atoms with Gasteiger partial charge in [0, 0.05) is 26.2 Å². The molecule has 6 nitrogen and oxygen atoms in total. The van der Waals surface area contributed by atoms with Crippen LogP contribution in [0.5, 0.6) is 0 Å². The Balaban J connectivity index is 2.74. The summed E-state index contributed by atoms with van der Waals surface area (Å²) in [6.07, 6.45) is 0.358. The van der Waals surface area contributed by atoms with Crippen molar-refractivity contribution in [2.75, 3.05) is 26.0 Å². The highest BCUT2D eigenvalue weighted by Gasteiger charge is 2.14. The van der Waals surface area contributed by atoms with Crippen molar-refractivity contribution in [1.82, 2.24) is 4.90 Å². The van der Waals surface area contributed by atoms with E-state index < -0.39 is 0 Å². The number of aliphatic hydroxyl groups is 1. The van der Waals surface area contributed by atoms with Gasteiger partial charge in [-0.3, -0.25) is 10.1 Å². The molecule has 1 aromatic carbocycles. The van der Waals surface area contributed by atoms with E-state index in [1.807, 2.05) is 18.0 Å². The third kappa shape index (κ3) is 4.84. The lowest BCUT2D eigenvalue weighted by Gasteiger charge is -2.17. The van der Waals surface area contributed by atoms with Gasteiger partial charge in [0.15, 0.2) is 0 Å². The van der Waals surface area contributed by atoms with Crippen LogP contribution in [0.15, 0.2) is 18.2 Å². The van der Waals surface area contributed by atoms with Crippen molar-refractivity contribution in [2.45, 2.75) is 26.0 Å². The Kier molecular flexibility index (Phi) is 5.72. The van der Waals surface area contributed by atoms with Gasteiger partial charge in [0.25, 0.3) is 5.69 Å². The molecular weight excluding hydrogens is 246 g/mol. The molecule has 1 atom stereocenters. The first-order valence-corrected chi connectivity index (χ1v) is 6.25. The molecule has 0 saturated carbocycles. The van der Waals surface area contributed by atoms with E-state index in [2.05, 4.69) is 5.32 Å². The largest absolute Gasteiger partial charge is 0.393 e. The maximum atomic E-state index is 11.0. The standard InChI is InChI=1S/C13H21N3O3/c1-10(17)6-7-15(3)9-11-4-5-12(14-2)13(8-11)16(18)19/h4-5,8,10,14,17H,6-7,9H2,1-3H3. The molecule has 0 bridgehead atoms. The number of benzene rings is 1. The van der Waals surface area contributed by atoms with E-state index in [9.17, 15) is 15.2 Å². The van der Waals surface area contributed by atoms with Gasteiger partial charge in [-0.2, -0.15) is 0 Å². The van der Waals surface area contributed by atoms with E-state index in [0.29, 0.717) is 18.7 Å². The number of anilines is 1. The quantitative estimate of drug-likeness (QED) is 0.582. The summed E-state index contributed by atoms with van der Waals surface area (Å²) >= 11 is 0. The summed E-state index contributed by atoms with van der Waals surface area (Å²) in [7, 11) is 3.59. The summed E-state index contributed by atoms with van der Waals surface area (Å²) in [5.41, 5.74) is 1.49. The van der Waals surface area contributed by atoms with E-state index in [-0.39, 0.29) is 16.7 Å². The summed E-state index contributed by atoms with van der Waals surface area (Å²) in [4.78, 5) is 12.6. The van der Waals surface area contributed by atoms with Gasteiger partial charge in [0.05, 0.1) is 11.0 Å². The molecule has 2 N–H and O–H groups in total. The molecule has 0 aliphatic heterocycles. The summed E-state index contributed by atoms with van der Waals surface area (Å²) in [6.45, 7) is 3.12. The van der Waals surface area contributed by atoms with E-state index >= 15 is 0 Å². The molecular formula is C13H21N3O3. The summed E-state index contributed by atoms with van der Waals surface area (Å²) in [6, 6.07) is 5.18. The molecule has 0 spiro atoms. The van der Waals surface area contributed by atoms with Crippen LogP contribution >= 0.6 is 0 Å². The first-order valence-electron chi connectivity index (χ1n) is 6.25. The van der Waals surface area contributed by atoms with Crippen LogP contribution in [0.1, 0.15) is 18.9 Å². The molecule has 0 saturated heterocycles. The Morgan fingerprint density at radius 2 is 2.21 bits per heavy atom. The van der Waals surface area contributed by atoms with Crippen LogP contribution in [0.25, 0.3) is 0 Å². The minimum absolute atomic E-state index is 0.0870. The normalized spacial score (nSPS) is 12.5. The lowest BCUT2D eigenvalue weighted by atomic mass is 10.1. The minimum atomic E-state index is -0.384. The number of aliphatic hydroxyl groups excluding tert-OH is 1. The average Bonchev–Trinajstić information content (AvgIpc) is 2.36. The van der Waals surface area contributed by atoms with E-state index in [1.165, 1.54) is 0 Å². The molecule has 0 heterocycles. The van der Waals surface area contributed by atoms with Crippen LogP contribution in [0.2, 0.25) is 0 Å². The topological polar surface area (TPSA) is 78.6 Å². The van der Waals surface area contributed by atoms with Crippen molar-refractivity contribution in [1.29, 1.82) is 0 Å². The molecule has 0 aromatic heterocycles. The van der Waals surface area contributed by atoms with Gasteiger partial charge in [-0.25, -0.2) is 0 Å². The van der Waals surface area contributed by atoms with Crippen LogP contribution in [0, 0.1) is 10.1 Å². The highest BCUT2D eigenvalue weighted by atomic mass is 16.6. The average molecular weight is 267 g/mol. The highest BCUT2D eigenvalue weighted by Crippen LogP contribution is 2.25. The summed E-state index contributed by atoms with van der Waals surface area (Å²) in [5.74, 6) is 0. The van der Waals surface area contributed by atoms with Crippen LogP contribution in [-0.4, -0.2) is 41.7 Å². The zero-order valence-corrected chi connectivity index (χ0v) is 11.6. The Labute approximate surface area is 113 Å². The Bertz CT molecular complexity index is 435. The Hall–Kier alpha value is -1.66. The fourth-order valence-corrected chi connectivity index (χ4v) is 1.84. The molecule has 6 heteroatoms. The molecule has 106 valence electrons. The van der Waals surface area contributed by atoms with Gasteiger partial charge in [0.1, 0.15) is 5.69 Å². The van der Waals surface area contributed by atoms with Crippen LogP contribution in [-0.2, 0) is 6.54 Å². The predicted molar refractivity (Wildman–Crippen MR) is 75.3 cm³/mol. The number of hydrogen-bond donors (Lipinski definition) is 2. The number of hydrogen-bond acceptors (Lipinski definition) is 5. The predicted octanol–water partition coefficient (Wildman–Crippen LogP) is 1.84. The minimum Gasteiger partial charge on any atom is -0.393 e. The SMILES string of the molecule is CNc1ccc(CN(C)CCC(C)O)cc1[N+](=O)[O-]. The lowest BCUT2D eigenvalue weighted by molar-refractivity contribution is -0.384. The number of nitrogens with zero attached hydrogens (tertiary/aromatic N) is 2. The van der Waals surface area contributed by atoms with Crippen molar-refractivity contribution in [2.24, 2.45) is 0 Å². The van der Waals surface area contributed by atoms with Gasteiger partial charge in [-0.15, -0.1) is 0 Å². The van der Waals surface area contributed by atoms with Crippen molar-refractivity contribution >= 4 is 11.4 Å². The fraction of sp³-hybridized carbons (Fsp3) is 0.538.